The van der Waals surface area contributed by atoms with Crippen molar-refractivity contribution in [2.75, 3.05) is 0 Å². The zero-order valence-electron chi connectivity index (χ0n) is 8.14. The Bertz CT molecular complexity index is 387. The number of benzene rings is 1. The molecule has 1 aromatic rings. The molecule has 94 valence electrons. The third-order valence-corrected chi connectivity index (χ3v) is 1.64. The fraction of sp³-hybridized carbons (Fsp3) is 0.200. The lowest BCUT2D eigenvalue weighted by Crippen LogP contribution is -2.04. The first kappa shape index (κ1) is 13.4. The molecule has 0 aliphatic heterocycles. The van der Waals surface area contributed by atoms with Crippen molar-refractivity contribution in [2.24, 2.45) is 0 Å². The SMILES string of the molecule is FC(F)(F)/C=C\Oc1ccc(C(F)(F)F)cc1. The molecule has 0 amide bonds. The van der Waals surface area contributed by atoms with Crippen LogP contribution in [0.15, 0.2) is 36.6 Å². The van der Waals surface area contributed by atoms with Crippen LogP contribution < -0.4 is 4.74 Å². The highest BCUT2D eigenvalue weighted by Gasteiger charge is 2.30. The third-order valence-electron chi connectivity index (χ3n) is 1.64. The highest BCUT2D eigenvalue weighted by molar-refractivity contribution is 5.29. The molecule has 7 heteroatoms. The number of hydrogen-bond acceptors (Lipinski definition) is 1. The van der Waals surface area contributed by atoms with Crippen LogP contribution in [-0.4, -0.2) is 6.18 Å². The van der Waals surface area contributed by atoms with Crippen molar-refractivity contribution in [3.05, 3.63) is 42.2 Å². The summed E-state index contributed by atoms with van der Waals surface area (Å²) in [6, 6.07) is 3.31. The van der Waals surface area contributed by atoms with Crippen LogP contribution >= 0.6 is 0 Å². The Morgan fingerprint density at radius 2 is 1.41 bits per heavy atom. The molecule has 1 nitrogen and oxygen atoms in total. The zero-order valence-corrected chi connectivity index (χ0v) is 8.14. The van der Waals surface area contributed by atoms with Crippen LogP contribution in [0.2, 0.25) is 0 Å². The highest BCUT2D eigenvalue weighted by Crippen LogP contribution is 2.30. The van der Waals surface area contributed by atoms with Crippen LogP contribution in [0.3, 0.4) is 0 Å². The minimum Gasteiger partial charge on any atom is -0.465 e. The molecule has 0 radical (unpaired) electrons. The van der Waals surface area contributed by atoms with Gasteiger partial charge in [0.05, 0.1) is 17.9 Å². The van der Waals surface area contributed by atoms with Gasteiger partial charge in [-0.05, 0) is 24.3 Å². The molecule has 0 saturated carbocycles. The van der Waals surface area contributed by atoms with Gasteiger partial charge in [-0.25, -0.2) is 0 Å². The van der Waals surface area contributed by atoms with Gasteiger partial charge in [-0.2, -0.15) is 26.3 Å². The van der Waals surface area contributed by atoms with E-state index in [2.05, 4.69) is 4.74 Å². The Labute approximate surface area is 92.3 Å². The van der Waals surface area contributed by atoms with Crippen LogP contribution in [0.5, 0.6) is 5.75 Å². The van der Waals surface area contributed by atoms with Gasteiger partial charge in [-0.15, -0.1) is 0 Å². The molecule has 0 aliphatic rings. The fourth-order valence-electron chi connectivity index (χ4n) is 0.912. The van der Waals surface area contributed by atoms with Gasteiger partial charge < -0.3 is 4.74 Å². The van der Waals surface area contributed by atoms with Crippen LogP contribution in [0, 0.1) is 0 Å². The van der Waals surface area contributed by atoms with Gasteiger partial charge >= 0.3 is 12.4 Å². The van der Waals surface area contributed by atoms with E-state index < -0.39 is 17.9 Å². The lowest BCUT2D eigenvalue weighted by Gasteiger charge is -2.07. The number of rotatable bonds is 2. The summed E-state index contributed by atoms with van der Waals surface area (Å²) in [5, 5.41) is 0. The van der Waals surface area contributed by atoms with E-state index in [1.54, 1.807) is 0 Å². The average molecular weight is 256 g/mol. The molecule has 0 unspecified atom stereocenters. The number of halogens is 6. The molecular weight excluding hydrogens is 250 g/mol. The van der Waals surface area contributed by atoms with Crippen molar-refractivity contribution < 1.29 is 31.1 Å². The van der Waals surface area contributed by atoms with Gasteiger partial charge in [0.25, 0.3) is 0 Å². The van der Waals surface area contributed by atoms with Gasteiger partial charge in [0, 0.05) is 0 Å². The van der Waals surface area contributed by atoms with Crippen molar-refractivity contribution >= 4 is 0 Å². The predicted molar refractivity (Wildman–Crippen MR) is 47.3 cm³/mol. The molecule has 17 heavy (non-hydrogen) atoms. The Balaban J connectivity index is 2.67. The number of ether oxygens (including phenoxy) is 1. The first-order chi connectivity index (χ1) is 7.68. The molecule has 0 aromatic heterocycles. The molecule has 0 fully saturated rings. The molecule has 0 aliphatic carbocycles. The molecular formula is C10H6F6O. The van der Waals surface area contributed by atoms with Gasteiger partial charge in [0.2, 0.25) is 0 Å². The predicted octanol–water partition coefficient (Wildman–Crippen LogP) is 4.16. The summed E-state index contributed by atoms with van der Waals surface area (Å²) in [7, 11) is 0. The summed E-state index contributed by atoms with van der Waals surface area (Å²) in [6.45, 7) is 0. The van der Waals surface area contributed by atoms with Gasteiger partial charge in [0.1, 0.15) is 5.75 Å². The molecule has 0 N–H and O–H groups in total. The molecule has 0 spiro atoms. The molecule has 1 rings (SSSR count). The standard InChI is InChI=1S/C10H6F6O/c11-9(12,13)5-6-17-8-3-1-7(2-4-8)10(14,15)16/h1-6H/b6-5-. The van der Waals surface area contributed by atoms with Gasteiger partial charge in [-0.3, -0.25) is 0 Å². The van der Waals surface area contributed by atoms with Crippen LogP contribution in [0.1, 0.15) is 5.56 Å². The first-order valence-corrected chi connectivity index (χ1v) is 4.27. The lowest BCUT2D eigenvalue weighted by atomic mass is 10.2. The molecule has 1 aromatic carbocycles. The maximum Gasteiger partial charge on any atom is 0.416 e. The van der Waals surface area contributed by atoms with E-state index in [9.17, 15) is 26.3 Å². The van der Waals surface area contributed by atoms with Crippen LogP contribution in [0.4, 0.5) is 26.3 Å². The van der Waals surface area contributed by atoms with E-state index in [1.165, 1.54) is 0 Å². The summed E-state index contributed by atoms with van der Waals surface area (Å²) in [4.78, 5) is 0. The number of allylic oxidation sites excluding steroid dienone is 1. The van der Waals surface area contributed by atoms with E-state index in [1.807, 2.05) is 0 Å². The zero-order chi connectivity index (χ0) is 13.1. The molecule has 0 bridgehead atoms. The Kier molecular flexibility index (Phi) is 3.69. The van der Waals surface area contributed by atoms with Crippen molar-refractivity contribution in [1.82, 2.24) is 0 Å². The average Bonchev–Trinajstić information content (AvgIpc) is 2.15. The van der Waals surface area contributed by atoms with Crippen LogP contribution in [-0.2, 0) is 6.18 Å². The molecule has 0 saturated heterocycles. The second kappa shape index (κ2) is 4.68. The largest absolute Gasteiger partial charge is 0.465 e. The van der Waals surface area contributed by atoms with E-state index >= 15 is 0 Å². The normalized spacial score (nSPS) is 13.1. The Morgan fingerprint density at radius 1 is 0.882 bits per heavy atom. The maximum absolute atomic E-state index is 12.1. The topological polar surface area (TPSA) is 9.23 Å². The summed E-state index contributed by atoms with van der Waals surface area (Å²) in [5.41, 5.74) is -0.898. The number of hydrogen-bond donors (Lipinski definition) is 0. The van der Waals surface area contributed by atoms with Gasteiger partial charge in [-0.1, -0.05) is 0 Å². The van der Waals surface area contributed by atoms with E-state index in [0.29, 0.717) is 6.26 Å². The fourth-order valence-corrected chi connectivity index (χ4v) is 0.912. The third kappa shape index (κ3) is 4.80. The summed E-state index contributed by atoms with van der Waals surface area (Å²) >= 11 is 0. The van der Waals surface area contributed by atoms with Gasteiger partial charge in [0.15, 0.2) is 0 Å². The molecule has 0 atom stereocenters. The summed E-state index contributed by atoms with van der Waals surface area (Å²) < 4.78 is 75.8. The second-order valence-corrected chi connectivity index (χ2v) is 2.98. The summed E-state index contributed by atoms with van der Waals surface area (Å²) in [6.07, 6.45) is -8.81. The second-order valence-electron chi connectivity index (χ2n) is 2.98. The van der Waals surface area contributed by atoms with Crippen molar-refractivity contribution in [2.45, 2.75) is 12.4 Å². The first-order valence-electron chi connectivity index (χ1n) is 4.27. The van der Waals surface area contributed by atoms with Crippen LogP contribution in [0.25, 0.3) is 0 Å². The Morgan fingerprint density at radius 3 is 1.82 bits per heavy atom. The lowest BCUT2D eigenvalue weighted by molar-refractivity contribution is -0.137. The minimum atomic E-state index is -4.52. The molecule has 0 heterocycles. The summed E-state index contributed by atoms with van der Waals surface area (Å²) in [5.74, 6) is -0.113. The van der Waals surface area contributed by atoms with Crippen molar-refractivity contribution in [3.63, 3.8) is 0 Å². The monoisotopic (exact) mass is 256 g/mol. The maximum atomic E-state index is 12.1. The van der Waals surface area contributed by atoms with Crippen molar-refractivity contribution in [3.8, 4) is 5.75 Å². The smallest absolute Gasteiger partial charge is 0.416 e. The Hall–Kier alpha value is -1.66. The minimum absolute atomic E-state index is 0.113. The van der Waals surface area contributed by atoms with E-state index in [4.69, 9.17) is 0 Å². The number of alkyl halides is 6. The van der Waals surface area contributed by atoms with E-state index in [0.717, 1.165) is 24.3 Å². The quantitative estimate of drug-likeness (QED) is 0.570. The van der Waals surface area contributed by atoms with Crippen molar-refractivity contribution in [1.29, 1.82) is 0 Å². The highest BCUT2D eigenvalue weighted by atomic mass is 19.4. The van der Waals surface area contributed by atoms with E-state index in [-0.39, 0.29) is 11.8 Å².